The second-order valence-electron chi connectivity index (χ2n) is 4.38. The van der Waals surface area contributed by atoms with Crippen LogP contribution in [0.3, 0.4) is 0 Å². The zero-order valence-electron chi connectivity index (χ0n) is 11.3. The highest BCUT2D eigenvalue weighted by atomic mass is 28.4. The topological polar surface area (TPSA) is 74.7 Å². The van der Waals surface area contributed by atoms with Crippen molar-refractivity contribution in [3.8, 4) is 11.8 Å². The van der Waals surface area contributed by atoms with Gasteiger partial charge in [0.15, 0.2) is 11.8 Å². The molecule has 1 aromatic rings. The monoisotopic (exact) mass is 273 g/mol. The lowest BCUT2D eigenvalue weighted by molar-refractivity contribution is 0.188. The third-order valence-corrected chi connectivity index (χ3v) is 5.90. The summed E-state index contributed by atoms with van der Waals surface area (Å²) in [6.45, 7) is 7.34. The van der Waals surface area contributed by atoms with E-state index in [9.17, 15) is 10.2 Å². The largest absolute Gasteiger partial charge is 0.495 e. The van der Waals surface area contributed by atoms with Crippen molar-refractivity contribution in [2.75, 3.05) is 13.2 Å². The van der Waals surface area contributed by atoms with Crippen molar-refractivity contribution in [1.82, 2.24) is 4.98 Å². The van der Waals surface area contributed by atoms with Gasteiger partial charge in [-0.2, -0.15) is 0 Å². The van der Waals surface area contributed by atoms with Crippen LogP contribution >= 0.6 is 0 Å². The van der Waals surface area contributed by atoms with E-state index in [2.05, 4.69) is 11.5 Å². The summed E-state index contributed by atoms with van der Waals surface area (Å²) in [5.74, 6) is 0.0424. The van der Waals surface area contributed by atoms with Crippen LogP contribution in [0.15, 0.2) is 6.07 Å². The maximum Gasteiger partial charge on any atom is 0.334 e. The van der Waals surface area contributed by atoms with Gasteiger partial charge in [0.2, 0.25) is 0 Å². The molecule has 5 nitrogen and oxygen atoms in total. The summed E-state index contributed by atoms with van der Waals surface area (Å²) in [5, 5.41) is 18.7. The highest BCUT2D eigenvalue weighted by molar-refractivity contribution is 6.66. The smallest absolute Gasteiger partial charge is 0.334 e. The summed E-state index contributed by atoms with van der Waals surface area (Å²) < 4.78 is 11.5. The molecule has 3 N–H and O–H groups in total. The Labute approximate surface area is 109 Å². The van der Waals surface area contributed by atoms with E-state index in [0.717, 1.165) is 18.0 Å². The zero-order valence-corrected chi connectivity index (χ0v) is 12.3. The van der Waals surface area contributed by atoms with Crippen molar-refractivity contribution in [1.29, 1.82) is 0 Å². The average molecular weight is 273 g/mol. The number of aromatic nitrogens is 1. The molecule has 6 heteroatoms. The molecular weight excluding hydrogens is 250 g/mol. The van der Waals surface area contributed by atoms with E-state index < -0.39 is 8.56 Å². The van der Waals surface area contributed by atoms with Crippen LogP contribution in [-0.2, 0) is 15.3 Å². The average Bonchev–Trinajstić information content (AvgIpc) is 2.58. The minimum Gasteiger partial charge on any atom is -0.495 e. The predicted octanol–water partition coefficient (Wildman–Crippen LogP) is 2.50. The highest BCUT2D eigenvalue weighted by Gasteiger charge is 2.30. The maximum absolute atomic E-state index is 9.50. The maximum atomic E-state index is 9.50. The first-order chi connectivity index (χ1) is 8.50. The van der Waals surface area contributed by atoms with E-state index in [-0.39, 0.29) is 11.8 Å². The molecule has 104 valence electrons. The van der Waals surface area contributed by atoms with E-state index in [1.165, 1.54) is 0 Å². The molecule has 18 heavy (non-hydrogen) atoms. The quantitative estimate of drug-likeness (QED) is 0.636. The van der Waals surface area contributed by atoms with Crippen LogP contribution in [-0.4, -0.2) is 37.0 Å². The number of nitrogens with one attached hydrogen (secondary N) is 1. The fourth-order valence-electron chi connectivity index (χ4n) is 2.06. The number of hydrogen-bond donors (Lipinski definition) is 3. The first kappa shape index (κ1) is 15.1. The number of rotatable bonds is 8. The molecular formula is C12H23NO4Si. The van der Waals surface area contributed by atoms with Crippen LogP contribution in [0.1, 0.15) is 25.8 Å². The van der Waals surface area contributed by atoms with Crippen LogP contribution in [0.2, 0.25) is 12.6 Å². The van der Waals surface area contributed by atoms with Crippen LogP contribution in [0, 0.1) is 0 Å². The van der Waals surface area contributed by atoms with Crippen LogP contribution in [0.4, 0.5) is 0 Å². The number of H-pyrrole nitrogens is 1. The number of aromatic hydroxyl groups is 2. The first-order valence-electron chi connectivity index (χ1n) is 6.38. The molecule has 0 aliphatic heterocycles. The molecule has 0 saturated carbocycles. The SMILES string of the molecule is CCO[Si](C)(CCCc1cc(O)[nH]c1O)OCC. The van der Waals surface area contributed by atoms with Crippen molar-refractivity contribution in [3.63, 3.8) is 0 Å². The molecule has 0 unspecified atom stereocenters. The fourth-order valence-corrected chi connectivity index (χ4v) is 4.47. The molecule has 0 radical (unpaired) electrons. The molecule has 0 aromatic carbocycles. The Morgan fingerprint density at radius 1 is 1.22 bits per heavy atom. The van der Waals surface area contributed by atoms with Crippen molar-refractivity contribution in [2.24, 2.45) is 0 Å². The Morgan fingerprint density at radius 2 is 1.83 bits per heavy atom. The van der Waals surface area contributed by atoms with Crippen molar-refractivity contribution >= 4 is 8.56 Å². The molecule has 0 aliphatic rings. The van der Waals surface area contributed by atoms with Gasteiger partial charge in [0, 0.05) is 24.8 Å². The zero-order chi connectivity index (χ0) is 13.6. The van der Waals surface area contributed by atoms with Gasteiger partial charge in [-0.3, -0.25) is 4.98 Å². The molecule has 0 fully saturated rings. The molecule has 1 aromatic heterocycles. The Hall–Kier alpha value is -0.983. The lowest BCUT2D eigenvalue weighted by atomic mass is 10.2. The second-order valence-corrected chi connectivity index (χ2v) is 7.73. The third kappa shape index (κ3) is 4.36. The molecule has 0 bridgehead atoms. The molecule has 0 spiro atoms. The van der Waals surface area contributed by atoms with E-state index in [0.29, 0.717) is 19.6 Å². The van der Waals surface area contributed by atoms with Gasteiger partial charge < -0.3 is 19.1 Å². The molecule has 0 atom stereocenters. The van der Waals surface area contributed by atoms with E-state index in [4.69, 9.17) is 8.85 Å². The fraction of sp³-hybridized carbons (Fsp3) is 0.667. The second kappa shape index (κ2) is 6.82. The summed E-state index contributed by atoms with van der Waals surface area (Å²) in [7, 11) is -2.07. The number of aromatic amines is 1. The lowest BCUT2D eigenvalue weighted by Gasteiger charge is -2.25. The standard InChI is InChI=1S/C12H23NO4Si/c1-4-16-18(3,17-5-2)8-6-7-10-9-11(14)13-12(10)15/h9,13-15H,4-8H2,1-3H3. The van der Waals surface area contributed by atoms with Crippen LogP contribution in [0.5, 0.6) is 11.8 Å². The summed E-state index contributed by atoms with van der Waals surface area (Å²) >= 11 is 0. The van der Waals surface area contributed by atoms with Crippen LogP contribution in [0.25, 0.3) is 0 Å². The van der Waals surface area contributed by atoms with Crippen LogP contribution < -0.4 is 0 Å². The number of aryl methyl sites for hydroxylation is 1. The first-order valence-corrected chi connectivity index (χ1v) is 8.91. The van der Waals surface area contributed by atoms with E-state index in [1.54, 1.807) is 6.07 Å². The Morgan fingerprint density at radius 3 is 2.28 bits per heavy atom. The van der Waals surface area contributed by atoms with Gasteiger partial charge in [0.05, 0.1) is 0 Å². The van der Waals surface area contributed by atoms with Gasteiger partial charge >= 0.3 is 8.56 Å². The summed E-state index contributed by atoms with van der Waals surface area (Å²) in [6.07, 6.45) is 1.57. The normalized spacial score (nSPS) is 11.9. The molecule has 0 aliphatic carbocycles. The van der Waals surface area contributed by atoms with Gasteiger partial charge in [-0.1, -0.05) is 0 Å². The van der Waals surface area contributed by atoms with E-state index >= 15 is 0 Å². The predicted molar refractivity (Wildman–Crippen MR) is 72.1 cm³/mol. The van der Waals surface area contributed by atoms with Gasteiger partial charge in [0.25, 0.3) is 0 Å². The summed E-state index contributed by atoms with van der Waals surface area (Å²) in [4.78, 5) is 2.47. The van der Waals surface area contributed by atoms with Crippen molar-refractivity contribution in [3.05, 3.63) is 11.6 Å². The molecule has 0 amide bonds. The van der Waals surface area contributed by atoms with Crippen molar-refractivity contribution in [2.45, 2.75) is 39.3 Å². The van der Waals surface area contributed by atoms with Crippen molar-refractivity contribution < 1.29 is 19.1 Å². The molecule has 1 rings (SSSR count). The van der Waals surface area contributed by atoms with Gasteiger partial charge in [-0.15, -0.1) is 0 Å². The minimum atomic E-state index is -2.07. The Kier molecular flexibility index (Phi) is 5.71. The summed E-state index contributed by atoms with van der Waals surface area (Å²) in [6, 6.07) is 2.43. The Bertz CT molecular complexity index is 361. The third-order valence-electron chi connectivity index (χ3n) is 2.84. The number of hydrogen-bond acceptors (Lipinski definition) is 4. The Balaban J connectivity index is 2.45. The van der Waals surface area contributed by atoms with Gasteiger partial charge in [-0.05, 0) is 39.3 Å². The van der Waals surface area contributed by atoms with E-state index in [1.807, 2.05) is 13.8 Å². The molecule has 0 saturated heterocycles. The summed E-state index contributed by atoms with van der Waals surface area (Å²) in [5.41, 5.74) is 0.733. The lowest BCUT2D eigenvalue weighted by Crippen LogP contribution is -2.38. The van der Waals surface area contributed by atoms with Gasteiger partial charge in [-0.25, -0.2) is 0 Å². The molecule has 1 heterocycles. The highest BCUT2D eigenvalue weighted by Crippen LogP contribution is 2.25. The minimum absolute atomic E-state index is 0.00266. The van der Waals surface area contributed by atoms with Gasteiger partial charge in [0.1, 0.15) is 0 Å².